The minimum Gasteiger partial charge on any atom is -0.312 e. The summed E-state index contributed by atoms with van der Waals surface area (Å²) >= 11 is 5.81. The molecule has 0 atom stereocenters. The van der Waals surface area contributed by atoms with Crippen LogP contribution in [0.15, 0.2) is 47.4 Å². The predicted molar refractivity (Wildman–Crippen MR) is 93.5 cm³/mol. The first-order valence-electron chi connectivity index (χ1n) is 7.71. The van der Waals surface area contributed by atoms with Gasteiger partial charge in [-0.25, -0.2) is 17.5 Å². The van der Waals surface area contributed by atoms with E-state index >= 15 is 0 Å². The number of rotatable bonds is 5. The molecule has 0 spiro atoms. The third-order valence-electron chi connectivity index (χ3n) is 3.97. The van der Waals surface area contributed by atoms with Gasteiger partial charge in [0, 0.05) is 25.2 Å². The van der Waals surface area contributed by atoms with E-state index in [1.807, 2.05) is 0 Å². The Labute approximate surface area is 150 Å². The summed E-state index contributed by atoms with van der Waals surface area (Å²) in [4.78, 5) is 13.3. The molecule has 1 amide bonds. The minimum absolute atomic E-state index is 0.0598. The molecule has 2 aromatic rings. The molecule has 0 saturated carbocycles. The fourth-order valence-corrected chi connectivity index (χ4v) is 4.21. The fraction of sp³-hybridized carbons (Fsp3) is 0.235. The monoisotopic (exact) mass is 382 g/mol. The number of carbonyl (C=O) groups excluding carboxylic acids is 1. The second-order valence-corrected chi connectivity index (χ2v) is 7.86. The van der Waals surface area contributed by atoms with Crippen molar-refractivity contribution in [2.75, 3.05) is 11.4 Å². The molecule has 0 bridgehead atoms. The van der Waals surface area contributed by atoms with Gasteiger partial charge in [-0.15, -0.1) is 0 Å². The number of sulfonamides is 1. The van der Waals surface area contributed by atoms with E-state index in [-0.39, 0.29) is 22.4 Å². The molecule has 1 aliphatic rings. The van der Waals surface area contributed by atoms with Crippen LogP contribution in [0.4, 0.5) is 10.1 Å². The van der Waals surface area contributed by atoms with Crippen molar-refractivity contribution in [3.8, 4) is 0 Å². The molecule has 0 aliphatic carbocycles. The van der Waals surface area contributed by atoms with E-state index in [2.05, 4.69) is 4.72 Å². The molecule has 5 nitrogen and oxygen atoms in total. The van der Waals surface area contributed by atoms with E-state index in [0.717, 1.165) is 35.9 Å². The largest absolute Gasteiger partial charge is 0.312 e. The first-order chi connectivity index (χ1) is 11.9. The molecular weight excluding hydrogens is 367 g/mol. The number of benzene rings is 2. The van der Waals surface area contributed by atoms with Gasteiger partial charge in [-0.1, -0.05) is 23.7 Å². The van der Waals surface area contributed by atoms with E-state index in [1.165, 1.54) is 0 Å². The molecule has 0 radical (unpaired) electrons. The summed E-state index contributed by atoms with van der Waals surface area (Å²) in [6, 6.07) is 10.2. The van der Waals surface area contributed by atoms with Crippen LogP contribution in [0.5, 0.6) is 0 Å². The molecule has 2 aromatic carbocycles. The zero-order valence-electron chi connectivity index (χ0n) is 13.2. The summed E-state index contributed by atoms with van der Waals surface area (Å²) in [6.45, 7) is 0.762. The number of halogens is 2. The quantitative estimate of drug-likeness (QED) is 0.864. The van der Waals surface area contributed by atoms with Crippen molar-refractivity contribution in [1.82, 2.24) is 4.72 Å². The van der Waals surface area contributed by atoms with Crippen LogP contribution in [0.1, 0.15) is 18.4 Å². The van der Waals surface area contributed by atoms with Crippen LogP contribution in [-0.4, -0.2) is 20.9 Å². The Hall–Kier alpha value is -1.96. The van der Waals surface area contributed by atoms with Crippen LogP contribution in [0.3, 0.4) is 0 Å². The number of hydrogen-bond donors (Lipinski definition) is 1. The highest BCUT2D eigenvalue weighted by atomic mass is 35.5. The van der Waals surface area contributed by atoms with Crippen LogP contribution in [0, 0.1) is 5.82 Å². The van der Waals surface area contributed by atoms with Gasteiger partial charge in [0.05, 0.1) is 5.02 Å². The lowest BCUT2D eigenvalue weighted by Gasteiger charge is -2.16. The van der Waals surface area contributed by atoms with Gasteiger partial charge < -0.3 is 4.90 Å². The number of nitrogens with one attached hydrogen (secondary N) is 1. The van der Waals surface area contributed by atoms with E-state index in [4.69, 9.17) is 11.6 Å². The summed E-state index contributed by atoms with van der Waals surface area (Å²) in [5, 5.41) is -0.171. The maximum atomic E-state index is 13.1. The van der Waals surface area contributed by atoms with Gasteiger partial charge in [-0.2, -0.15) is 0 Å². The van der Waals surface area contributed by atoms with Crippen LogP contribution < -0.4 is 9.62 Å². The Morgan fingerprint density at radius 1 is 1.16 bits per heavy atom. The number of carbonyl (C=O) groups is 1. The lowest BCUT2D eigenvalue weighted by Crippen LogP contribution is -2.24. The smallest absolute Gasteiger partial charge is 0.242 e. The summed E-state index contributed by atoms with van der Waals surface area (Å²) in [7, 11) is -3.85. The van der Waals surface area contributed by atoms with Gasteiger partial charge >= 0.3 is 0 Å². The molecule has 1 heterocycles. The lowest BCUT2D eigenvalue weighted by molar-refractivity contribution is -0.117. The molecule has 25 heavy (non-hydrogen) atoms. The van der Waals surface area contributed by atoms with E-state index in [0.29, 0.717) is 13.0 Å². The second kappa shape index (κ2) is 7.11. The summed E-state index contributed by atoms with van der Waals surface area (Å²) in [6.07, 6.45) is 1.40. The maximum Gasteiger partial charge on any atom is 0.242 e. The van der Waals surface area contributed by atoms with Crippen molar-refractivity contribution in [1.29, 1.82) is 0 Å². The molecule has 1 aliphatic heterocycles. The molecule has 3 rings (SSSR count). The zero-order chi connectivity index (χ0) is 18.0. The second-order valence-electron chi connectivity index (χ2n) is 5.71. The van der Waals surface area contributed by atoms with Crippen molar-refractivity contribution in [2.45, 2.75) is 24.3 Å². The molecule has 8 heteroatoms. The van der Waals surface area contributed by atoms with Crippen molar-refractivity contribution in [3.63, 3.8) is 0 Å². The Kier molecular flexibility index (Phi) is 5.08. The standard InChI is InChI=1S/C17H16ClFN2O3S/c18-15-10-13(19)5-8-16(15)25(23,24)20-11-12-3-6-14(7-4-12)21-9-1-2-17(21)22/h3-8,10,20H,1-2,9,11H2. The normalized spacial score (nSPS) is 15.0. The summed E-state index contributed by atoms with van der Waals surface area (Å²) in [5.41, 5.74) is 1.54. The average molecular weight is 383 g/mol. The molecule has 0 unspecified atom stereocenters. The lowest BCUT2D eigenvalue weighted by atomic mass is 10.2. The first-order valence-corrected chi connectivity index (χ1v) is 9.57. The highest BCUT2D eigenvalue weighted by Gasteiger charge is 2.22. The Bertz CT molecular complexity index is 901. The third kappa shape index (κ3) is 4.00. The SMILES string of the molecule is O=C1CCCN1c1ccc(CNS(=O)(=O)c2ccc(F)cc2Cl)cc1. The predicted octanol–water partition coefficient (Wildman–Crippen LogP) is 3.08. The number of hydrogen-bond acceptors (Lipinski definition) is 3. The molecule has 1 N–H and O–H groups in total. The van der Waals surface area contributed by atoms with E-state index < -0.39 is 15.8 Å². The average Bonchev–Trinajstić information content (AvgIpc) is 2.99. The first kappa shape index (κ1) is 17.8. The van der Waals surface area contributed by atoms with Gasteiger partial charge in [0.2, 0.25) is 15.9 Å². The van der Waals surface area contributed by atoms with Gasteiger partial charge in [0.1, 0.15) is 10.7 Å². The van der Waals surface area contributed by atoms with Gasteiger partial charge in [0.15, 0.2) is 0 Å². The maximum absolute atomic E-state index is 13.1. The van der Waals surface area contributed by atoms with E-state index in [9.17, 15) is 17.6 Å². The highest BCUT2D eigenvalue weighted by molar-refractivity contribution is 7.89. The summed E-state index contributed by atoms with van der Waals surface area (Å²) in [5.74, 6) is -0.504. The van der Waals surface area contributed by atoms with Gasteiger partial charge in [-0.3, -0.25) is 4.79 Å². The number of anilines is 1. The molecule has 1 saturated heterocycles. The summed E-state index contributed by atoms with van der Waals surface area (Å²) < 4.78 is 40.1. The Morgan fingerprint density at radius 3 is 2.48 bits per heavy atom. The highest BCUT2D eigenvalue weighted by Crippen LogP contribution is 2.23. The van der Waals surface area contributed by atoms with Gasteiger partial charge in [0.25, 0.3) is 0 Å². The van der Waals surface area contributed by atoms with Crippen LogP contribution >= 0.6 is 11.6 Å². The van der Waals surface area contributed by atoms with Crippen LogP contribution in [-0.2, 0) is 21.4 Å². The van der Waals surface area contributed by atoms with Crippen molar-refractivity contribution >= 4 is 33.2 Å². The van der Waals surface area contributed by atoms with Crippen molar-refractivity contribution in [3.05, 3.63) is 58.9 Å². The minimum atomic E-state index is -3.85. The molecular formula is C17H16ClFN2O3S. The Balaban J connectivity index is 1.69. The van der Waals surface area contributed by atoms with Crippen molar-refractivity contribution < 1.29 is 17.6 Å². The molecule has 132 valence electrons. The van der Waals surface area contributed by atoms with Crippen LogP contribution in [0.25, 0.3) is 0 Å². The molecule has 1 fully saturated rings. The molecule has 0 aromatic heterocycles. The van der Waals surface area contributed by atoms with Crippen LogP contribution in [0.2, 0.25) is 5.02 Å². The Morgan fingerprint density at radius 2 is 1.88 bits per heavy atom. The van der Waals surface area contributed by atoms with Crippen molar-refractivity contribution in [2.24, 2.45) is 0 Å². The van der Waals surface area contributed by atoms with E-state index in [1.54, 1.807) is 29.2 Å². The third-order valence-corrected chi connectivity index (χ3v) is 5.86. The zero-order valence-corrected chi connectivity index (χ0v) is 14.8. The topological polar surface area (TPSA) is 66.5 Å². The fourth-order valence-electron chi connectivity index (χ4n) is 2.66. The number of nitrogens with zero attached hydrogens (tertiary/aromatic N) is 1. The number of amides is 1. The van der Waals surface area contributed by atoms with Gasteiger partial charge in [-0.05, 0) is 42.3 Å².